The molecule has 2 atom stereocenters. The smallest absolute Gasteiger partial charge is 0.0613 e. The van der Waals surface area contributed by atoms with Gasteiger partial charge in [-0.05, 0) is 19.8 Å². The number of ether oxygens (including phenoxy) is 1. The van der Waals surface area contributed by atoms with Gasteiger partial charge in [-0.1, -0.05) is 6.92 Å². The first kappa shape index (κ1) is 12.5. The van der Waals surface area contributed by atoms with E-state index in [1.54, 1.807) is 7.11 Å². The van der Waals surface area contributed by atoms with Gasteiger partial charge in [0, 0.05) is 25.5 Å². The Kier molecular flexibility index (Phi) is 5.12. The third-order valence-corrected chi connectivity index (χ3v) is 3.09. The average molecular weight is 231 g/mol. The fraction of sp³-hybridized carbons (Fsp3) is 0.727. The fourth-order valence-electron chi connectivity index (χ4n) is 1.41. The van der Waals surface area contributed by atoms with E-state index in [9.17, 15) is 0 Å². The van der Waals surface area contributed by atoms with Crippen molar-refractivity contribution in [3.05, 3.63) is 18.0 Å². The molecular formula is C11H19ClN2O. The molecule has 1 rings (SSSR count). The third-order valence-electron chi connectivity index (χ3n) is 2.53. The van der Waals surface area contributed by atoms with Gasteiger partial charge in [0.15, 0.2) is 0 Å². The van der Waals surface area contributed by atoms with E-state index < -0.39 is 0 Å². The molecule has 2 unspecified atom stereocenters. The molecule has 0 saturated heterocycles. The van der Waals surface area contributed by atoms with Gasteiger partial charge in [-0.15, -0.1) is 11.6 Å². The van der Waals surface area contributed by atoms with Crippen molar-refractivity contribution in [2.45, 2.75) is 38.1 Å². The SMILES string of the molecule is CCC(Cl)c1cnn(C(C)CCOC)c1. The lowest BCUT2D eigenvalue weighted by Crippen LogP contribution is -2.08. The van der Waals surface area contributed by atoms with Crippen LogP contribution in [0.5, 0.6) is 0 Å². The summed E-state index contributed by atoms with van der Waals surface area (Å²) in [7, 11) is 1.72. The Morgan fingerprint density at radius 1 is 1.60 bits per heavy atom. The van der Waals surface area contributed by atoms with Crippen LogP contribution >= 0.6 is 11.6 Å². The van der Waals surface area contributed by atoms with Crippen LogP contribution in [0, 0.1) is 0 Å². The number of hydrogen-bond acceptors (Lipinski definition) is 2. The highest BCUT2D eigenvalue weighted by molar-refractivity contribution is 6.20. The predicted molar refractivity (Wildman–Crippen MR) is 62.3 cm³/mol. The lowest BCUT2D eigenvalue weighted by atomic mass is 10.2. The van der Waals surface area contributed by atoms with Gasteiger partial charge >= 0.3 is 0 Å². The molecule has 0 aliphatic heterocycles. The predicted octanol–water partition coefficient (Wildman–Crippen LogP) is 3.17. The Hall–Kier alpha value is -0.540. The van der Waals surface area contributed by atoms with Crippen LogP contribution in [-0.4, -0.2) is 23.5 Å². The van der Waals surface area contributed by atoms with Crippen LogP contribution in [0.3, 0.4) is 0 Å². The van der Waals surface area contributed by atoms with Crippen LogP contribution in [0.25, 0.3) is 0 Å². The maximum atomic E-state index is 6.13. The van der Waals surface area contributed by atoms with Gasteiger partial charge < -0.3 is 4.74 Å². The number of aromatic nitrogens is 2. The molecule has 0 spiro atoms. The number of methoxy groups -OCH3 is 1. The highest BCUT2D eigenvalue weighted by Gasteiger charge is 2.10. The zero-order chi connectivity index (χ0) is 11.3. The molecule has 0 saturated carbocycles. The zero-order valence-electron chi connectivity index (χ0n) is 9.61. The molecule has 0 aliphatic rings. The molecule has 0 radical (unpaired) electrons. The second kappa shape index (κ2) is 6.13. The van der Waals surface area contributed by atoms with Crippen molar-refractivity contribution in [1.82, 2.24) is 9.78 Å². The molecule has 15 heavy (non-hydrogen) atoms. The molecule has 3 nitrogen and oxygen atoms in total. The van der Waals surface area contributed by atoms with E-state index in [0.717, 1.165) is 25.0 Å². The first-order valence-corrected chi connectivity index (χ1v) is 5.79. The molecule has 86 valence electrons. The summed E-state index contributed by atoms with van der Waals surface area (Å²) in [6.07, 6.45) is 5.78. The van der Waals surface area contributed by atoms with Crippen LogP contribution in [0.2, 0.25) is 0 Å². The molecule has 0 amide bonds. The monoisotopic (exact) mass is 230 g/mol. The van der Waals surface area contributed by atoms with E-state index in [-0.39, 0.29) is 5.38 Å². The summed E-state index contributed by atoms with van der Waals surface area (Å²) in [4.78, 5) is 0. The minimum atomic E-state index is 0.0772. The molecule has 0 aromatic carbocycles. The number of nitrogens with zero attached hydrogens (tertiary/aromatic N) is 2. The van der Waals surface area contributed by atoms with Crippen LogP contribution in [0.1, 0.15) is 43.7 Å². The summed E-state index contributed by atoms with van der Waals surface area (Å²) in [6, 6.07) is 0.361. The minimum absolute atomic E-state index is 0.0772. The van der Waals surface area contributed by atoms with Crippen molar-refractivity contribution in [2.24, 2.45) is 0 Å². The summed E-state index contributed by atoms with van der Waals surface area (Å²) in [5.74, 6) is 0. The fourth-order valence-corrected chi connectivity index (χ4v) is 1.52. The Balaban J connectivity index is 2.58. The van der Waals surface area contributed by atoms with Gasteiger partial charge in [-0.2, -0.15) is 5.10 Å². The summed E-state index contributed by atoms with van der Waals surface area (Å²) < 4.78 is 7.00. The number of rotatable bonds is 6. The summed E-state index contributed by atoms with van der Waals surface area (Å²) >= 11 is 6.13. The highest BCUT2D eigenvalue weighted by atomic mass is 35.5. The number of halogens is 1. The summed E-state index contributed by atoms with van der Waals surface area (Å²) in [6.45, 7) is 4.96. The second-order valence-electron chi connectivity index (χ2n) is 3.76. The molecule has 1 aromatic heterocycles. The maximum Gasteiger partial charge on any atom is 0.0613 e. The minimum Gasteiger partial charge on any atom is -0.385 e. The number of hydrogen-bond donors (Lipinski definition) is 0. The zero-order valence-corrected chi connectivity index (χ0v) is 10.4. The van der Waals surface area contributed by atoms with Gasteiger partial charge in [0.2, 0.25) is 0 Å². The highest BCUT2D eigenvalue weighted by Crippen LogP contribution is 2.24. The Morgan fingerprint density at radius 3 is 2.93 bits per heavy atom. The summed E-state index contributed by atoms with van der Waals surface area (Å²) in [5, 5.41) is 4.39. The molecule has 1 heterocycles. The lowest BCUT2D eigenvalue weighted by molar-refractivity contribution is 0.178. The molecule has 1 aromatic rings. The van der Waals surface area contributed by atoms with E-state index in [1.807, 2.05) is 17.1 Å². The van der Waals surface area contributed by atoms with Gasteiger partial charge in [0.05, 0.1) is 17.6 Å². The topological polar surface area (TPSA) is 27.1 Å². The van der Waals surface area contributed by atoms with E-state index in [1.165, 1.54) is 0 Å². The summed E-state index contributed by atoms with van der Waals surface area (Å²) in [5.41, 5.74) is 1.10. The van der Waals surface area contributed by atoms with E-state index in [4.69, 9.17) is 16.3 Å². The molecule has 0 fully saturated rings. The molecule has 0 aliphatic carbocycles. The molecule has 4 heteroatoms. The Labute approximate surface area is 96.4 Å². The Bertz CT molecular complexity index is 288. The van der Waals surface area contributed by atoms with Crippen molar-refractivity contribution in [2.75, 3.05) is 13.7 Å². The van der Waals surface area contributed by atoms with Crippen molar-refractivity contribution in [1.29, 1.82) is 0 Å². The standard InChI is InChI=1S/C11H19ClN2O/c1-4-11(12)10-7-13-14(8-10)9(2)5-6-15-3/h7-9,11H,4-6H2,1-3H3. The largest absolute Gasteiger partial charge is 0.385 e. The van der Waals surface area contributed by atoms with E-state index in [2.05, 4.69) is 18.9 Å². The maximum absolute atomic E-state index is 6.13. The quantitative estimate of drug-likeness (QED) is 0.702. The van der Waals surface area contributed by atoms with Gasteiger partial charge in [-0.25, -0.2) is 0 Å². The first-order valence-electron chi connectivity index (χ1n) is 5.36. The van der Waals surface area contributed by atoms with Gasteiger partial charge in [-0.3, -0.25) is 4.68 Å². The van der Waals surface area contributed by atoms with Crippen LogP contribution in [-0.2, 0) is 4.74 Å². The average Bonchev–Trinajstić information content (AvgIpc) is 2.74. The van der Waals surface area contributed by atoms with Crippen LogP contribution in [0.4, 0.5) is 0 Å². The normalized spacial score (nSPS) is 15.2. The van der Waals surface area contributed by atoms with Crippen LogP contribution < -0.4 is 0 Å². The lowest BCUT2D eigenvalue weighted by Gasteiger charge is -2.11. The molecular weight excluding hydrogens is 212 g/mol. The molecule has 0 N–H and O–H groups in total. The van der Waals surface area contributed by atoms with Gasteiger partial charge in [0.25, 0.3) is 0 Å². The van der Waals surface area contributed by atoms with E-state index in [0.29, 0.717) is 6.04 Å². The van der Waals surface area contributed by atoms with Gasteiger partial charge in [0.1, 0.15) is 0 Å². The third kappa shape index (κ3) is 3.50. The van der Waals surface area contributed by atoms with E-state index >= 15 is 0 Å². The molecule has 0 bridgehead atoms. The van der Waals surface area contributed by atoms with Crippen molar-refractivity contribution < 1.29 is 4.74 Å². The number of alkyl halides is 1. The van der Waals surface area contributed by atoms with Crippen molar-refractivity contribution in [3.63, 3.8) is 0 Å². The first-order chi connectivity index (χ1) is 7.19. The van der Waals surface area contributed by atoms with Crippen molar-refractivity contribution >= 4 is 11.6 Å². The van der Waals surface area contributed by atoms with Crippen LogP contribution in [0.15, 0.2) is 12.4 Å². The van der Waals surface area contributed by atoms with Crippen molar-refractivity contribution in [3.8, 4) is 0 Å². The Morgan fingerprint density at radius 2 is 2.33 bits per heavy atom. The second-order valence-corrected chi connectivity index (χ2v) is 4.29.